The third-order valence-corrected chi connectivity index (χ3v) is 3.42. The summed E-state index contributed by atoms with van der Waals surface area (Å²) in [6.07, 6.45) is -4.84. The third-order valence-electron chi connectivity index (χ3n) is 3.42. The Balaban J connectivity index is 1.88. The molecule has 1 saturated heterocycles. The summed E-state index contributed by atoms with van der Waals surface area (Å²) in [6, 6.07) is 11.9. The molecule has 1 unspecified atom stereocenters. The van der Waals surface area contributed by atoms with Crippen molar-refractivity contribution >= 4 is 11.6 Å². The molecule has 0 bridgehead atoms. The molecule has 3 rings (SSSR count). The van der Waals surface area contributed by atoms with Gasteiger partial charge in [0.25, 0.3) is 5.91 Å². The Labute approximate surface area is 136 Å². The minimum Gasteiger partial charge on any atom is -0.490 e. The van der Waals surface area contributed by atoms with Crippen molar-refractivity contribution in [3.8, 4) is 5.75 Å². The predicted octanol–water partition coefficient (Wildman–Crippen LogP) is 3.74. The molecule has 1 fully saturated rings. The fourth-order valence-electron chi connectivity index (χ4n) is 2.18. The summed E-state index contributed by atoms with van der Waals surface area (Å²) < 4.78 is 50.5. The van der Waals surface area contributed by atoms with Crippen LogP contribution in [0.25, 0.3) is 0 Å². The standard InChI is InChI=1S/C17H14F3NO3/c18-17(19,20)15-13(21-16(22)11-5-2-1-3-6-11)7-4-8-14(15)24-10-12-9-23-12/h1-8,12H,9-10H2,(H,21,22). The second-order valence-corrected chi connectivity index (χ2v) is 5.26. The number of hydrogen-bond acceptors (Lipinski definition) is 3. The van der Waals surface area contributed by atoms with Gasteiger partial charge in [-0.25, -0.2) is 0 Å². The highest BCUT2D eigenvalue weighted by Gasteiger charge is 2.38. The van der Waals surface area contributed by atoms with Crippen molar-refractivity contribution in [2.24, 2.45) is 0 Å². The molecule has 7 heteroatoms. The first-order valence-electron chi connectivity index (χ1n) is 7.26. The van der Waals surface area contributed by atoms with Crippen LogP contribution < -0.4 is 10.1 Å². The van der Waals surface area contributed by atoms with Gasteiger partial charge in [0, 0.05) is 5.56 Å². The summed E-state index contributed by atoms with van der Waals surface area (Å²) >= 11 is 0. The van der Waals surface area contributed by atoms with Gasteiger partial charge in [0.05, 0.1) is 12.3 Å². The van der Waals surface area contributed by atoms with Crippen LogP contribution in [0.15, 0.2) is 48.5 Å². The number of carbonyl (C=O) groups excluding carboxylic acids is 1. The summed E-state index contributed by atoms with van der Waals surface area (Å²) in [6.45, 7) is 0.519. The topological polar surface area (TPSA) is 50.9 Å². The van der Waals surface area contributed by atoms with Gasteiger partial charge in [-0.1, -0.05) is 24.3 Å². The van der Waals surface area contributed by atoms with Crippen molar-refractivity contribution in [1.29, 1.82) is 0 Å². The molecule has 0 spiro atoms. The van der Waals surface area contributed by atoms with Gasteiger partial charge in [-0.15, -0.1) is 0 Å². The van der Waals surface area contributed by atoms with Gasteiger partial charge in [0.15, 0.2) is 0 Å². The number of amides is 1. The fourth-order valence-corrected chi connectivity index (χ4v) is 2.18. The number of rotatable bonds is 5. The second kappa shape index (κ2) is 6.52. The lowest BCUT2D eigenvalue weighted by molar-refractivity contribution is -0.138. The Hall–Kier alpha value is -2.54. The quantitative estimate of drug-likeness (QED) is 0.846. The van der Waals surface area contributed by atoms with Crippen LogP contribution >= 0.6 is 0 Å². The minimum atomic E-state index is -4.67. The first kappa shape index (κ1) is 16.3. The second-order valence-electron chi connectivity index (χ2n) is 5.26. The van der Waals surface area contributed by atoms with Crippen molar-refractivity contribution in [2.45, 2.75) is 12.3 Å². The summed E-state index contributed by atoms with van der Waals surface area (Å²) in [4.78, 5) is 12.1. The molecule has 1 amide bonds. The molecule has 1 N–H and O–H groups in total. The molecule has 2 aromatic rings. The number of alkyl halides is 3. The number of carbonyl (C=O) groups is 1. The zero-order valence-corrected chi connectivity index (χ0v) is 12.5. The van der Waals surface area contributed by atoms with E-state index in [9.17, 15) is 18.0 Å². The van der Waals surface area contributed by atoms with Crippen molar-refractivity contribution in [2.75, 3.05) is 18.5 Å². The van der Waals surface area contributed by atoms with E-state index in [0.717, 1.165) is 0 Å². The maximum Gasteiger partial charge on any atom is 0.421 e. The number of nitrogens with one attached hydrogen (secondary N) is 1. The maximum atomic E-state index is 13.4. The van der Waals surface area contributed by atoms with Crippen LogP contribution in [0, 0.1) is 0 Å². The lowest BCUT2D eigenvalue weighted by atomic mass is 10.1. The Bertz CT molecular complexity index is 728. The van der Waals surface area contributed by atoms with Crippen LogP contribution in [-0.4, -0.2) is 25.2 Å². The summed E-state index contributed by atoms with van der Waals surface area (Å²) in [5.74, 6) is -0.951. The van der Waals surface area contributed by atoms with Crippen molar-refractivity contribution in [3.63, 3.8) is 0 Å². The Kier molecular flexibility index (Phi) is 4.44. The fraction of sp³-hybridized carbons (Fsp3) is 0.235. The maximum absolute atomic E-state index is 13.4. The molecule has 1 heterocycles. The Morgan fingerprint density at radius 1 is 1.17 bits per heavy atom. The van der Waals surface area contributed by atoms with E-state index in [4.69, 9.17) is 9.47 Å². The first-order chi connectivity index (χ1) is 11.4. The zero-order chi connectivity index (χ0) is 17.2. The van der Waals surface area contributed by atoms with Crippen LogP contribution in [-0.2, 0) is 10.9 Å². The average Bonchev–Trinajstić information content (AvgIpc) is 3.37. The molecule has 0 saturated carbocycles. The molecular formula is C17H14F3NO3. The van der Waals surface area contributed by atoms with Crippen LogP contribution in [0.5, 0.6) is 5.75 Å². The monoisotopic (exact) mass is 337 g/mol. The van der Waals surface area contributed by atoms with Crippen molar-refractivity contribution < 1.29 is 27.4 Å². The van der Waals surface area contributed by atoms with E-state index in [1.807, 2.05) is 0 Å². The highest BCUT2D eigenvalue weighted by Crippen LogP contribution is 2.41. The molecule has 1 aliphatic heterocycles. The van der Waals surface area contributed by atoms with E-state index in [1.165, 1.54) is 30.3 Å². The van der Waals surface area contributed by atoms with Crippen LogP contribution in [0.4, 0.5) is 18.9 Å². The average molecular weight is 337 g/mol. The largest absolute Gasteiger partial charge is 0.490 e. The number of halogens is 3. The zero-order valence-electron chi connectivity index (χ0n) is 12.5. The molecule has 24 heavy (non-hydrogen) atoms. The molecule has 4 nitrogen and oxygen atoms in total. The summed E-state index contributed by atoms with van der Waals surface area (Å²) in [5.41, 5.74) is -1.08. The lowest BCUT2D eigenvalue weighted by Crippen LogP contribution is -2.18. The molecule has 0 radical (unpaired) electrons. The number of epoxide rings is 1. The number of anilines is 1. The SMILES string of the molecule is O=C(Nc1cccc(OCC2CO2)c1C(F)(F)F)c1ccccc1. The van der Waals surface area contributed by atoms with Gasteiger partial charge in [-0.3, -0.25) is 4.79 Å². The first-order valence-corrected chi connectivity index (χ1v) is 7.26. The molecule has 126 valence electrons. The van der Waals surface area contributed by atoms with Crippen LogP contribution in [0.3, 0.4) is 0 Å². The molecule has 1 atom stereocenters. The van der Waals surface area contributed by atoms with Gasteiger partial charge < -0.3 is 14.8 Å². The van der Waals surface area contributed by atoms with E-state index in [-0.39, 0.29) is 29.7 Å². The Morgan fingerprint density at radius 3 is 2.50 bits per heavy atom. The molecular weight excluding hydrogens is 323 g/mol. The van der Waals surface area contributed by atoms with Crippen molar-refractivity contribution in [3.05, 3.63) is 59.7 Å². The summed E-state index contributed by atoms with van der Waals surface area (Å²) in [7, 11) is 0. The van der Waals surface area contributed by atoms with Gasteiger partial charge in [0.2, 0.25) is 0 Å². The van der Waals surface area contributed by atoms with Gasteiger partial charge in [-0.05, 0) is 24.3 Å². The molecule has 0 aliphatic carbocycles. The molecule has 0 aromatic heterocycles. The normalized spacial score (nSPS) is 16.5. The van der Waals surface area contributed by atoms with E-state index in [2.05, 4.69) is 5.32 Å². The number of ether oxygens (including phenoxy) is 2. The van der Waals surface area contributed by atoms with E-state index >= 15 is 0 Å². The summed E-state index contributed by atoms with van der Waals surface area (Å²) in [5, 5.41) is 2.31. The smallest absolute Gasteiger partial charge is 0.421 e. The van der Waals surface area contributed by atoms with Gasteiger partial charge in [0.1, 0.15) is 24.0 Å². The van der Waals surface area contributed by atoms with E-state index < -0.39 is 17.6 Å². The van der Waals surface area contributed by atoms with Gasteiger partial charge in [-0.2, -0.15) is 13.2 Å². The third kappa shape index (κ3) is 3.86. The lowest BCUT2D eigenvalue weighted by Gasteiger charge is -2.18. The van der Waals surface area contributed by atoms with Gasteiger partial charge >= 0.3 is 6.18 Å². The predicted molar refractivity (Wildman–Crippen MR) is 81.1 cm³/mol. The Morgan fingerprint density at radius 2 is 1.88 bits per heavy atom. The van der Waals surface area contributed by atoms with Crippen LogP contribution in [0.1, 0.15) is 15.9 Å². The highest BCUT2D eigenvalue weighted by molar-refractivity contribution is 6.04. The van der Waals surface area contributed by atoms with E-state index in [0.29, 0.717) is 6.61 Å². The van der Waals surface area contributed by atoms with Crippen LogP contribution in [0.2, 0.25) is 0 Å². The molecule has 2 aromatic carbocycles. The molecule has 1 aliphatic rings. The number of hydrogen-bond donors (Lipinski definition) is 1. The highest BCUT2D eigenvalue weighted by atomic mass is 19.4. The van der Waals surface area contributed by atoms with Crippen molar-refractivity contribution in [1.82, 2.24) is 0 Å². The minimum absolute atomic E-state index is 0.0408. The van der Waals surface area contributed by atoms with E-state index in [1.54, 1.807) is 18.2 Å². The number of benzene rings is 2.